The number of ether oxygens (including phenoxy) is 2. The maximum atomic E-state index is 11.5. The first-order valence-corrected chi connectivity index (χ1v) is 5.37. The van der Waals surface area contributed by atoms with Crippen LogP contribution in [0.1, 0.15) is 33.6 Å². The molecule has 0 aromatic heterocycles. The van der Waals surface area contributed by atoms with Crippen molar-refractivity contribution in [3.05, 3.63) is 0 Å². The Morgan fingerprint density at radius 2 is 1.56 bits per heavy atom. The van der Waals surface area contributed by atoms with Gasteiger partial charge in [0, 0.05) is 6.42 Å². The van der Waals surface area contributed by atoms with Gasteiger partial charge in [0.2, 0.25) is 0 Å². The number of esters is 2. The van der Waals surface area contributed by atoms with E-state index < -0.39 is 17.9 Å². The first kappa shape index (κ1) is 14.6. The zero-order chi connectivity index (χ0) is 12.6. The van der Waals surface area contributed by atoms with E-state index in [4.69, 9.17) is 4.74 Å². The van der Waals surface area contributed by atoms with Crippen LogP contribution in [0.25, 0.3) is 0 Å². The van der Waals surface area contributed by atoms with Crippen molar-refractivity contribution in [2.45, 2.75) is 33.6 Å². The highest BCUT2D eigenvalue weighted by Gasteiger charge is 2.22. The standard InChI is InChI=1S/C11H18O5/c1-4-15-10(13)7-6-9(12)8(3)11(14)16-5-2/h8H,4-7H2,1-3H3/t8-/m0/s1. The Morgan fingerprint density at radius 1 is 1.00 bits per heavy atom. The Bertz CT molecular complexity index is 259. The van der Waals surface area contributed by atoms with Gasteiger partial charge < -0.3 is 9.47 Å². The van der Waals surface area contributed by atoms with Gasteiger partial charge in [-0.15, -0.1) is 0 Å². The molecular formula is C11H18O5. The average Bonchev–Trinajstić information content (AvgIpc) is 2.25. The first-order valence-electron chi connectivity index (χ1n) is 5.37. The molecule has 0 radical (unpaired) electrons. The quantitative estimate of drug-likeness (QED) is 0.484. The van der Waals surface area contributed by atoms with Crippen molar-refractivity contribution in [3.8, 4) is 0 Å². The highest BCUT2D eigenvalue weighted by atomic mass is 16.5. The highest BCUT2D eigenvalue weighted by Crippen LogP contribution is 2.06. The summed E-state index contributed by atoms with van der Waals surface area (Å²) in [6, 6.07) is 0. The molecule has 0 aliphatic rings. The number of hydrogen-bond donors (Lipinski definition) is 0. The smallest absolute Gasteiger partial charge is 0.316 e. The van der Waals surface area contributed by atoms with E-state index in [-0.39, 0.29) is 25.2 Å². The summed E-state index contributed by atoms with van der Waals surface area (Å²) in [5, 5.41) is 0. The van der Waals surface area contributed by atoms with Crippen molar-refractivity contribution >= 4 is 17.7 Å². The van der Waals surface area contributed by atoms with E-state index in [1.807, 2.05) is 0 Å². The van der Waals surface area contributed by atoms with Gasteiger partial charge >= 0.3 is 11.9 Å². The summed E-state index contributed by atoms with van der Waals surface area (Å²) >= 11 is 0. The molecule has 1 atom stereocenters. The molecule has 0 aromatic rings. The topological polar surface area (TPSA) is 69.7 Å². The monoisotopic (exact) mass is 230 g/mol. The lowest BCUT2D eigenvalue weighted by molar-refractivity contribution is -0.152. The van der Waals surface area contributed by atoms with Crippen LogP contribution in [0.4, 0.5) is 0 Å². The van der Waals surface area contributed by atoms with E-state index in [1.54, 1.807) is 13.8 Å². The summed E-state index contributed by atoms with van der Waals surface area (Å²) < 4.78 is 9.38. The maximum absolute atomic E-state index is 11.5. The lowest BCUT2D eigenvalue weighted by Gasteiger charge is -2.08. The molecule has 0 aliphatic carbocycles. The average molecular weight is 230 g/mol. The predicted molar refractivity (Wildman–Crippen MR) is 56.7 cm³/mol. The molecule has 0 saturated carbocycles. The second kappa shape index (κ2) is 7.84. The van der Waals surface area contributed by atoms with Crippen LogP contribution in [0.5, 0.6) is 0 Å². The van der Waals surface area contributed by atoms with E-state index in [9.17, 15) is 14.4 Å². The minimum Gasteiger partial charge on any atom is -0.466 e. The molecule has 92 valence electrons. The normalized spacial score (nSPS) is 11.7. The van der Waals surface area contributed by atoms with Crippen LogP contribution in [0.15, 0.2) is 0 Å². The van der Waals surface area contributed by atoms with Crippen molar-refractivity contribution in [2.24, 2.45) is 5.92 Å². The van der Waals surface area contributed by atoms with Gasteiger partial charge in [-0.05, 0) is 20.8 Å². The Balaban J connectivity index is 3.96. The Kier molecular flexibility index (Phi) is 7.16. The van der Waals surface area contributed by atoms with Gasteiger partial charge in [-0.1, -0.05) is 0 Å². The fourth-order valence-electron chi connectivity index (χ4n) is 1.07. The Labute approximate surface area is 95.1 Å². The van der Waals surface area contributed by atoms with Crippen molar-refractivity contribution < 1.29 is 23.9 Å². The SMILES string of the molecule is CCOC(=O)CCC(=O)[C@H](C)C(=O)OCC. The molecule has 16 heavy (non-hydrogen) atoms. The molecular weight excluding hydrogens is 212 g/mol. The second-order valence-electron chi connectivity index (χ2n) is 3.25. The number of hydrogen-bond acceptors (Lipinski definition) is 5. The summed E-state index contributed by atoms with van der Waals surface area (Å²) in [5.41, 5.74) is 0. The van der Waals surface area contributed by atoms with Crippen LogP contribution in [-0.2, 0) is 23.9 Å². The third kappa shape index (κ3) is 5.48. The van der Waals surface area contributed by atoms with Crippen molar-refractivity contribution in [1.29, 1.82) is 0 Å². The summed E-state index contributed by atoms with van der Waals surface area (Å²) in [4.78, 5) is 33.6. The van der Waals surface area contributed by atoms with E-state index >= 15 is 0 Å². The molecule has 0 amide bonds. The molecule has 0 rings (SSSR count). The summed E-state index contributed by atoms with van der Waals surface area (Å²) in [6.45, 7) is 5.38. The molecule has 0 aliphatic heterocycles. The van der Waals surface area contributed by atoms with E-state index in [1.165, 1.54) is 6.92 Å². The molecule has 0 aromatic carbocycles. The van der Waals surface area contributed by atoms with Gasteiger partial charge in [0.15, 0.2) is 0 Å². The zero-order valence-corrected chi connectivity index (χ0v) is 9.95. The second-order valence-corrected chi connectivity index (χ2v) is 3.25. The molecule has 5 heteroatoms. The molecule has 0 unspecified atom stereocenters. The van der Waals surface area contributed by atoms with E-state index in [0.717, 1.165) is 0 Å². The summed E-state index contributed by atoms with van der Waals surface area (Å²) in [6.07, 6.45) is 0.0230. The van der Waals surface area contributed by atoms with Gasteiger partial charge in [0.05, 0.1) is 19.6 Å². The van der Waals surface area contributed by atoms with Crippen molar-refractivity contribution in [2.75, 3.05) is 13.2 Å². The molecule has 0 fully saturated rings. The van der Waals surface area contributed by atoms with Gasteiger partial charge in [0.1, 0.15) is 11.7 Å². The van der Waals surface area contributed by atoms with Crippen LogP contribution in [0.2, 0.25) is 0 Å². The zero-order valence-electron chi connectivity index (χ0n) is 9.95. The lowest BCUT2D eigenvalue weighted by Crippen LogP contribution is -2.24. The van der Waals surface area contributed by atoms with Crippen molar-refractivity contribution in [3.63, 3.8) is 0 Å². The van der Waals surface area contributed by atoms with Crippen LogP contribution in [0.3, 0.4) is 0 Å². The van der Waals surface area contributed by atoms with Crippen LogP contribution >= 0.6 is 0 Å². The molecule has 0 heterocycles. The number of ketones is 1. The molecule has 0 spiro atoms. The molecule has 5 nitrogen and oxygen atoms in total. The Hall–Kier alpha value is -1.39. The summed E-state index contributed by atoms with van der Waals surface area (Å²) in [7, 11) is 0. The number of carbonyl (C=O) groups excluding carboxylic acids is 3. The third-order valence-corrected chi connectivity index (χ3v) is 2.00. The third-order valence-electron chi connectivity index (χ3n) is 2.00. The minimum absolute atomic E-state index is 0.0103. The minimum atomic E-state index is -0.811. The first-order chi connectivity index (χ1) is 7.52. The van der Waals surface area contributed by atoms with Crippen LogP contribution in [-0.4, -0.2) is 30.9 Å². The van der Waals surface area contributed by atoms with E-state index in [0.29, 0.717) is 6.61 Å². The maximum Gasteiger partial charge on any atom is 0.316 e. The summed E-state index contributed by atoms with van der Waals surface area (Å²) in [5.74, 6) is -2.08. The number of Topliss-reactive ketones (excluding diaryl/α,β-unsaturated/α-hetero) is 1. The number of carbonyl (C=O) groups is 3. The largest absolute Gasteiger partial charge is 0.466 e. The van der Waals surface area contributed by atoms with Gasteiger partial charge in [-0.25, -0.2) is 0 Å². The highest BCUT2D eigenvalue weighted by molar-refractivity contribution is 5.99. The predicted octanol–water partition coefficient (Wildman–Crippen LogP) is 1.10. The molecule has 0 saturated heterocycles. The van der Waals surface area contributed by atoms with Gasteiger partial charge in [-0.3, -0.25) is 14.4 Å². The Morgan fingerprint density at radius 3 is 2.06 bits per heavy atom. The molecule has 0 bridgehead atoms. The van der Waals surface area contributed by atoms with Gasteiger partial charge in [-0.2, -0.15) is 0 Å². The van der Waals surface area contributed by atoms with Crippen molar-refractivity contribution in [1.82, 2.24) is 0 Å². The van der Waals surface area contributed by atoms with E-state index in [2.05, 4.69) is 4.74 Å². The van der Waals surface area contributed by atoms with Crippen LogP contribution in [0, 0.1) is 5.92 Å². The number of rotatable bonds is 7. The van der Waals surface area contributed by atoms with Gasteiger partial charge in [0.25, 0.3) is 0 Å². The molecule has 0 N–H and O–H groups in total. The fraction of sp³-hybridized carbons (Fsp3) is 0.727. The fourth-order valence-corrected chi connectivity index (χ4v) is 1.07. The van der Waals surface area contributed by atoms with Crippen LogP contribution < -0.4 is 0 Å². The lowest BCUT2D eigenvalue weighted by atomic mass is 10.0.